The van der Waals surface area contributed by atoms with Crippen LogP contribution in [0.1, 0.15) is 30.3 Å². The molecule has 0 saturated heterocycles. The van der Waals surface area contributed by atoms with Crippen LogP contribution in [-0.2, 0) is 6.42 Å². The zero-order chi connectivity index (χ0) is 13.7. The second-order valence-corrected chi connectivity index (χ2v) is 6.75. The molecular weight excluding hydrogens is 320 g/mol. The lowest BCUT2D eigenvalue weighted by atomic mass is 10.1. The van der Waals surface area contributed by atoms with Crippen LogP contribution < -0.4 is 5.32 Å². The van der Waals surface area contributed by atoms with Gasteiger partial charge in [-0.3, -0.25) is 0 Å². The molecule has 1 aromatic carbocycles. The van der Waals surface area contributed by atoms with E-state index in [2.05, 4.69) is 64.3 Å². The highest BCUT2D eigenvalue weighted by atomic mass is 79.9. The summed E-state index contributed by atoms with van der Waals surface area (Å²) >= 11 is 5.19. The van der Waals surface area contributed by atoms with Crippen molar-refractivity contribution in [2.24, 2.45) is 0 Å². The number of aromatic nitrogens is 1. The second kappa shape index (κ2) is 7.17. The number of hydrogen-bond acceptors (Lipinski definition) is 3. The summed E-state index contributed by atoms with van der Waals surface area (Å²) in [6.45, 7) is 5.43. The Bertz CT molecular complexity index is 481. The summed E-state index contributed by atoms with van der Waals surface area (Å²) in [7, 11) is 0. The summed E-state index contributed by atoms with van der Waals surface area (Å²) in [5.41, 5.74) is 1.37. The van der Waals surface area contributed by atoms with Crippen LogP contribution in [0, 0.1) is 0 Å². The molecule has 2 rings (SSSR count). The Labute approximate surface area is 127 Å². The number of benzene rings is 1. The van der Waals surface area contributed by atoms with Crippen LogP contribution in [0.25, 0.3) is 0 Å². The van der Waals surface area contributed by atoms with Gasteiger partial charge in [0, 0.05) is 34.6 Å². The van der Waals surface area contributed by atoms with Crippen LogP contribution in [0.3, 0.4) is 0 Å². The van der Waals surface area contributed by atoms with E-state index in [-0.39, 0.29) is 0 Å². The lowest BCUT2D eigenvalue weighted by Gasteiger charge is -2.16. The van der Waals surface area contributed by atoms with Gasteiger partial charge in [0.1, 0.15) is 0 Å². The van der Waals surface area contributed by atoms with Crippen molar-refractivity contribution in [2.45, 2.75) is 32.2 Å². The van der Waals surface area contributed by atoms with E-state index in [4.69, 9.17) is 0 Å². The van der Waals surface area contributed by atoms with Gasteiger partial charge in [-0.25, -0.2) is 4.98 Å². The molecule has 1 N–H and O–H groups in total. The second-order valence-electron chi connectivity index (χ2n) is 4.91. The van der Waals surface area contributed by atoms with Gasteiger partial charge in [0.2, 0.25) is 0 Å². The van der Waals surface area contributed by atoms with Crippen LogP contribution in [-0.4, -0.2) is 17.6 Å². The standard InChI is InChI=1S/C15H19BrN2S/c1-11(15-17-7-8-19-15)10-18-12(2)9-13-3-5-14(16)6-4-13/h3-8,11-12,18H,9-10H2,1-2H3. The minimum Gasteiger partial charge on any atom is -0.313 e. The van der Waals surface area contributed by atoms with E-state index in [0.29, 0.717) is 12.0 Å². The summed E-state index contributed by atoms with van der Waals surface area (Å²) in [5.74, 6) is 0.479. The molecule has 2 atom stereocenters. The summed E-state index contributed by atoms with van der Waals surface area (Å²) in [5, 5.41) is 6.84. The molecule has 0 fully saturated rings. The van der Waals surface area contributed by atoms with Gasteiger partial charge in [-0.15, -0.1) is 11.3 Å². The molecule has 0 saturated carbocycles. The molecule has 0 aliphatic rings. The first-order valence-electron chi connectivity index (χ1n) is 6.52. The molecule has 2 unspecified atom stereocenters. The van der Waals surface area contributed by atoms with Crippen LogP contribution in [0.2, 0.25) is 0 Å². The Balaban J connectivity index is 1.78. The predicted octanol–water partition coefficient (Wildman–Crippen LogP) is 4.23. The molecule has 0 aliphatic carbocycles. The van der Waals surface area contributed by atoms with Crippen molar-refractivity contribution >= 4 is 27.3 Å². The Morgan fingerprint density at radius 2 is 2.00 bits per heavy atom. The molecular formula is C15H19BrN2S. The fourth-order valence-electron chi connectivity index (χ4n) is 1.99. The molecule has 0 bridgehead atoms. The van der Waals surface area contributed by atoms with Gasteiger partial charge in [-0.05, 0) is 31.0 Å². The summed E-state index contributed by atoms with van der Waals surface area (Å²) in [6, 6.07) is 9.02. The van der Waals surface area contributed by atoms with Crippen molar-refractivity contribution in [1.82, 2.24) is 10.3 Å². The fraction of sp³-hybridized carbons (Fsp3) is 0.400. The first-order valence-corrected chi connectivity index (χ1v) is 8.19. The number of rotatable bonds is 6. The molecule has 4 heteroatoms. The maximum atomic E-state index is 4.36. The van der Waals surface area contributed by atoms with Crippen LogP contribution in [0.5, 0.6) is 0 Å². The Hall–Kier alpha value is -0.710. The van der Waals surface area contributed by atoms with Gasteiger partial charge >= 0.3 is 0 Å². The van der Waals surface area contributed by atoms with Crippen molar-refractivity contribution in [1.29, 1.82) is 0 Å². The Morgan fingerprint density at radius 1 is 1.26 bits per heavy atom. The summed E-state index contributed by atoms with van der Waals surface area (Å²) in [6.07, 6.45) is 2.93. The highest BCUT2D eigenvalue weighted by molar-refractivity contribution is 9.10. The summed E-state index contributed by atoms with van der Waals surface area (Å²) in [4.78, 5) is 4.36. The fourth-order valence-corrected chi connectivity index (χ4v) is 2.95. The van der Waals surface area contributed by atoms with E-state index in [1.807, 2.05) is 11.6 Å². The largest absolute Gasteiger partial charge is 0.313 e. The average molecular weight is 339 g/mol. The third-order valence-corrected chi connectivity index (χ3v) is 4.64. The molecule has 1 heterocycles. The topological polar surface area (TPSA) is 24.9 Å². The number of nitrogens with one attached hydrogen (secondary N) is 1. The Morgan fingerprint density at radius 3 is 2.63 bits per heavy atom. The SMILES string of the molecule is CC(Cc1ccc(Br)cc1)NCC(C)c1nccs1. The molecule has 19 heavy (non-hydrogen) atoms. The molecule has 2 nitrogen and oxygen atoms in total. The van der Waals surface area contributed by atoms with Crippen molar-refractivity contribution in [2.75, 3.05) is 6.54 Å². The van der Waals surface area contributed by atoms with E-state index >= 15 is 0 Å². The first kappa shape index (κ1) is 14.7. The van der Waals surface area contributed by atoms with Crippen molar-refractivity contribution in [3.63, 3.8) is 0 Å². The van der Waals surface area contributed by atoms with E-state index in [1.165, 1.54) is 10.6 Å². The van der Waals surface area contributed by atoms with E-state index in [0.717, 1.165) is 17.4 Å². The lowest BCUT2D eigenvalue weighted by molar-refractivity contribution is 0.516. The smallest absolute Gasteiger partial charge is 0.0965 e. The number of nitrogens with zero attached hydrogens (tertiary/aromatic N) is 1. The number of hydrogen-bond donors (Lipinski definition) is 1. The van der Waals surface area contributed by atoms with E-state index < -0.39 is 0 Å². The van der Waals surface area contributed by atoms with Gasteiger partial charge < -0.3 is 5.32 Å². The molecule has 0 amide bonds. The number of halogens is 1. The molecule has 0 aliphatic heterocycles. The number of thiazole rings is 1. The zero-order valence-corrected chi connectivity index (χ0v) is 13.7. The van der Waals surface area contributed by atoms with Gasteiger partial charge in [-0.1, -0.05) is 35.0 Å². The maximum Gasteiger partial charge on any atom is 0.0965 e. The average Bonchev–Trinajstić information content (AvgIpc) is 2.93. The molecule has 2 aromatic rings. The molecule has 102 valence electrons. The monoisotopic (exact) mass is 338 g/mol. The minimum atomic E-state index is 0.476. The third kappa shape index (κ3) is 4.71. The van der Waals surface area contributed by atoms with Crippen LogP contribution >= 0.6 is 27.3 Å². The van der Waals surface area contributed by atoms with Crippen molar-refractivity contribution < 1.29 is 0 Å². The van der Waals surface area contributed by atoms with E-state index in [1.54, 1.807) is 11.3 Å². The third-order valence-electron chi connectivity index (χ3n) is 3.10. The van der Waals surface area contributed by atoms with Gasteiger partial charge in [0.15, 0.2) is 0 Å². The highest BCUT2D eigenvalue weighted by Gasteiger charge is 2.10. The van der Waals surface area contributed by atoms with Crippen molar-refractivity contribution in [3.8, 4) is 0 Å². The van der Waals surface area contributed by atoms with Gasteiger partial charge in [-0.2, -0.15) is 0 Å². The Kier molecular flexibility index (Phi) is 5.55. The molecule has 1 aromatic heterocycles. The zero-order valence-electron chi connectivity index (χ0n) is 11.3. The summed E-state index contributed by atoms with van der Waals surface area (Å²) < 4.78 is 1.13. The molecule has 0 spiro atoms. The van der Waals surface area contributed by atoms with Crippen LogP contribution in [0.15, 0.2) is 40.3 Å². The van der Waals surface area contributed by atoms with Crippen LogP contribution in [0.4, 0.5) is 0 Å². The maximum absolute atomic E-state index is 4.36. The van der Waals surface area contributed by atoms with Gasteiger partial charge in [0.25, 0.3) is 0 Å². The normalized spacial score (nSPS) is 14.3. The lowest BCUT2D eigenvalue weighted by Crippen LogP contribution is -2.31. The minimum absolute atomic E-state index is 0.476. The van der Waals surface area contributed by atoms with Gasteiger partial charge in [0.05, 0.1) is 5.01 Å². The van der Waals surface area contributed by atoms with E-state index in [9.17, 15) is 0 Å². The first-order chi connectivity index (χ1) is 9.15. The predicted molar refractivity (Wildman–Crippen MR) is 85.8 cm³/mol. The quantitative estimate of drug-likeness (QED) is 0.852. The molecule has 0 radical (unpaired) electrons. The van der Waals surface area contributed by atoms with Crippen molar-refractivity contribution in [3.05, 3.63) is 50.9 Å². The highest BCUT2D eigenvalue weighted by Crippen LogP contribution is 2.17.